The Labute approximate surface area is 277 Å². The highest BCUT2D eigenvalue weighted by molar-refractivity contribution is 6.09. The molecule has 0 N–H and O–H groups in total. The van der Waals surface area contributed by atoms with Crippen LogP contribution >= 0.6 is 0 Å². The Morgan fingerprint density at radius 2 is 0.875 bits per heavy atom. The van der Waals surface area contributed by atoms with Gasteiger partial charge in [-0.15, -0.1) is 0 Å². The van der Waals surface area contributed by atoms with Crippen LogP contribution in [0, 0.1) is 0 Å². The van der Waals surface area contributed by atoms with Gasteiger partial charge in [-0.2, -0.15) is 10.2 Å². The van der Waals surface area contributed by atoms with E-state index in [1.165, 1.54) is 0 Å². The lowest BCUT2D eigenvalue weighted by molar-refractivity contribution is 0.0476. The van der Waals surface area contributed by atoms with Crippen LogP contribution in [0.1, 0.15) is 33.6 Å². The van der Waals surface area contributed by atoms with Gasteiger partial charge >= 0.3 is 11.9 Å². The van der Waals surface area contributed by atoms with Gasteiger partial charge in [0.25, 0.3) is 0 Å². The van der Waals surface area contributed by atoms with Crippen LogP contribution in [0.4, 0.5) is 11.4 Å². The first kappa shape index (κ1) is 30.6. The summed E-state index contributed by atoms with van der Waals surface area (Å²) >= 11 is 0. The minimum absolute atomic E-state index is 0.180. The van der Waals surface area contributed by atoms with E-state index in [0.717, 1.165) is 32.7 Å². The molecule has 0 saturated carbocycles. The molecule has 7 rings (SSSR count). The van der Waals surface area contributed by atoms with Crippen LogP contribution in [-0.2, 0) is 9.47 Å². The molecule has 1 heterocycles. The fraction of sp³-hybridized carbons (Fsp3) is 0.150. The van der Waals surface area contributed by atoms with Gasteiger partial charge in [0.05, 0.1) is 48.9 Å². The second-order valence-corrected chi connectivity index (χ2v) is 11.3. The van der Waals surface area contributed by atoms with E-state index in [-0.39, 0.29) is 13.2 Å². The van der Waals surface area contributed by atoms with Crippen LogP contribution in [0.15, 0.2) is 132 Å². The van der Waals surface area contributed by atoms with Gasteiger partial charge in [-0.1, -0.05) is 72.8 Å². The van der Waals surface area contributed by atoms with Crippen LogP contribution in [0.5, 0.6) is 11.5 Å². The largest absolute Gasteiger partial charge is 0.493 e. The molecular weight excluding hydrogens is 604 g/mol. The van der Waals surface area contributed by atoms with Gasteiger partial charge in [0.2, 0.25) is 0 Å². The Morgan fingerprint density at radius 1 is 0.438 bits per heavy atom. The predicted octanol–water partition coefficient (Wildman–Crippen LogP) is 9.64. The Kier molecular flexibility index (Phi) is 9.04. The van der Waals surface area contributed by atoms with E-state index in [9.17, 15) is 9.59 Å². The lowest BCUT2D eigenvalue weighted by Gasteiger charge is -2.20. The molecule has 8 nitrogen and oxygen atoms in total. The quantitative estimate of drug-likeness (QED) is 0.154. The fourth-order valence-corrected chi connectivity index (χ4v) is 5.74. The summed E-state index contributed by atoms with van der Waals surface area (Å²) in [6.45, 7) is 1.02. The SMILES string of the molecule is O=C1OCCCOc2ccc3ccccc3c2-c2c(ccc3ccccc23)OCCCOC(=O)c2cccc(c2)N=Nc2cccc1c2. The number of fused-ring (bicyclic) bond motifs is 11. The van der Waals surface area contributed by atoms with Crippen molar-refractivity contribution in [3.05, 3.63) is 132 Å². The molecule has 0 fully saturated rings. The second-order valence-electron chi connectivity index (χ2n) is 11.3. The van der Waals surface area contributed by atoms with Crippen molar-refractivity contribution >= 4 is 44.9 Å². The highest BCUT2D eigenvalue weighted by Gasteiger charge is 2.19. The maximum atomic E-state index is 12.9. The number of carbonyl (C=O) groups is 2. The summed E-state index contributed by atoms with van der Waals surface area (Å²) in [6.07, 6.45) is 0.983. The average Bonchev–Trinajstić information content (AvgIpc) is 3.13. The average molecular weight is 637 g/mol. The van der Waals surface area contributed by atoms with E-state index in [0.29, 0.717) is 60.1 Å². The molecule has 1 aliphatic heterocycles. The zero-order chi connectivity index (χ0) is 32.7. The number of rotatable bonds is 0. The minimum Gasteiger partial charge on any atom is -0.493 e. The smallest absolute Gasteiger partial charge is 0.338 e. The van der Waals surface area contributed by atoms with Crippen LogP contribution < -0.4 is 9.47 Å². The number of ether oxygens (including phenoxy) is 4. The molecule has 238 valence electrons. The summed E-state index contributed by atoms with van der Waals surface area (Å²) in [5.41, 5.74) is 3.52. The molecule has 4 bridgehead atoms. The predicted molar refractivity (Wildman–Crippen MR) is 185 cm³/mol. The maximum absolute atomic E-state index is 12.9. The molecule has 6 aromatic carbocycles. The zero-order valence-corrected chi connectivity index (χ0v) is 26.1. The van der Waals surface area contributed by atoms with Crippen molar-refractivity contribution in [3.63, 3.8) is 0 Å². The summed E-state index contributed by atoms with van der Waals surface area (Å²) in [4.78, 5) is 25.7. The molecule has 0 saturated heterocycles. The summed E-state index contributed by atoms with van der Waals surface area (Å²) in [5.74, 6) is 0.472. The number of hydrogen-bond acceptors (Lipinski definition) is 8. The zero-order valence-electron chi connectivity index (χ0n) is 26.1. The Balaban J connectivity index is 1.24. The third kappa shape index (κ3) is 6.73. The van der Waals surface area contributed by atoms with Crippen molar-refractivity contribution in [2.75, 3.05) is 26.4 Å². The van der Waals surface area contributed by atoms with E-state index < -0.39 is 11.9 Å². The standard InChI is InChI=1S/C40H32N2O6/c43-39-29-11-5-13-31(25-29)41-42-32-14-6-12-30(26-32)40(44)48-24-8-22-46-36-20-18-28-10-2-4-16-34(28)38(36)37-33-15-3-1-9-27(33)17-19-35(37)45-21-7-23-47-39/h1-6,9-20,25-26H,7-8,21-24H2. The molecule has 0 unspecified atom stereocenters. The third-order valence-electron chi connectivity index (χ3n) is 8.04. The molecule has 6 aromatic rings. The summed E-state index contributed by atoms with van der Waals surface area (Å²) in [7, 11) is 0. The molecule has 0 atom stereocenters. The number of nitrogens with zero attached hydrogens (tertiary/aromatic N) is 2. The van der Waals surface area contributed by atoms with Gasteiger partial charge < -0.3 is 18.9 Å². The Morgan fingerprint density at radius 3 is 1.35 bits per heavy atom. The van der Waals surface area contributed by atoms with E-state index in [2.05, 4.69) is 34.5 Å². The fourth-order valence-electron chi connectivity index (χ4n) is 5.74. The molecule has 48 heavy (non-hydrogen) atoms. The number of benzene rings is 6. The first-order chi connectivity index (χ1) is 23.6. The molecule has 0 spiro atoms. The van der Waals surface area contributed by atoms with E-state index in [1.807, 2.05) is 48.5 Å². The van der Waals surface area contributed by atoms with Gasteiger partial charge in [-0.3, -0.25) is 0 Å². The van der Waals surface area contributed by atoms with E-state index in [4.69, 9.17) is 18.9 Å². The van der Waals surface area contributed by atoms with Gasteiger partial charge in [0.15, 0.2) is 0 Å². The lowest BCUT2D eigenvalue weighted by Crippen LogP contribution is -2.10. The molecule has 8 heteroatoms. The van der Waals surface area contributed by atoms with Crippen molar-refractivity contribution in [1.82, 2.24) is 0 Å². The van der Waals surface area contributed by atoms with Crippen molar-refractivity contribution in [1.29, 1.82) is 0 Å². The Hall–Kier alpha value is -6.02. The number of cyclic esters (lactones) is 2. The lowest BCUT2D eigenvalue weighted by atomic mass is 9.92. The van der Waals surface area contributed by atoms with Crippen molar-refractivity contribution < 1.29 is 28.5 Å². The summed E-state index contributed by atoms with van der Waals surface area (Å²) in [6, 6.07) is 37.9. The molecule has 1 aliphatic rings. The number of hydrogen-bond donors (Lipinski definition) is 0. The van der Waals surface area contributed by atoms with Crippen molar-refractivity contribution in [3.8, 4) is 22.6 Å². The van der Waals surface area contributed by atoms with Crippen molar-refractivity contribution in [2.45, 2.75) is 12.8 Å². The monoisotopic (exact) mass is 636 g/mol. The first-order valence-electron chi connectivity index (χ1n) is 15.9. The van der Waals surface area contributed by atoms with Gasteiger partial charge in [0, 0.05) is 24.0 Å². The van der Waals surface area contributed by atoms with Crippen LogP contribution in [0.25, 0.3) is 32.7 Å². The molecule has 0 radical (unpaired) electrons. The molecule has 0 aliphatic carbocycles. The van der Waals surface area contributed by atoms with Gasteiger partial charge in [0.1, 0.15) is 11.5 Å². The summed E-state index contributed by atoms with van der Waals surface area (Å²) < 4.78 is 24.0. The molecule has 0 amide bonds. The Bertz CT molecular complexity index is 2010. The molecule has 0 aromatic heterocycles. The summed E-state index contributed by atoms with van der Waals surface area (Å²) in [5, 5.41) is 12.7. The maximum Gasteiger partial charge on any atom is 0.338 e. The highest BCUT2D eigenvalue weighted by Crippen LogP contribution is 2.45. The normalized spacial score (nSPS) is 14.4. The topological polar surface area (TPSA) is 95.8 Å². The van der Waals surface area contributed by atoms with Gasteiger partial charge in [-0.05, 0) is 70.1 Å². The highest BCUT2D eigenvalue weighted by atomic mass is 16.5. The first-order valence-corrected chi connectivity index (χ1v) is 15.9. The van der Waals surface area contributed by atoms with Crippen LogP contribution in [0.3, 0.4) is 0 Å². The second kappa shape index (κ2) is 14.2. The van der Waals surface area contributed by atoms with Crippen molar-refractivity contribution in [2.24, 2.45) is 10.2 Å². The molecular formula is C40H32N2O6. The number of azo groups is 1. The number of esters is 2. The van der Waals surface area contributed by atoms with Crippen LogP contribution in [0.2, 0.25) is 0 Å². The number of carbonyl (C=O) groups excluding carboxylic acids is 2. The van der Waals surface area contributed by atoms with Crippen LogP contribution in [-0.4, -0.2) is 38.4 Å². The third-order valence-corrected chi connectivity index (χ3v) is 8.04. The van der Waals surface area contributed by atoms with Gasteiger partial charge in [-0.25, -0.2) is 9.59 Å². The minimum atomic E-state index is -0.463. The van der Waals surface area contributed by atoms with E-state index >= 15 is 0 Å². The van der Waals surface area contributed by atoms with E-state index in [1.54, 1.807) is 48.5 Å².